The molecule has 152 valence electrons. The van der Waals surface area contributed by atoms with Gasteiger partial charge in [-0.15, -0.1) is 0 Å². The Labute approximate surface area is 174 Å². The van der Waals surface area contributed by atoms with Crippen molar-refractivity contribution in [2.24, 2.45) is 7.05 Å². The van der Waals surface area contributed by atoms with Crippen molar-refractivity contribution in [3.05, 3.63) is 58.9 Å². The molecule has 7 nitrogen and oxygen atoms in total. The highest BCUT2D eigenvalue weighted by molar-refractivity contribution is 7.89. The average molecular weight is 433 g/mol. The summed E-state index contributed by atoms with van der Waals surface area (Å²) >= 11 is 6.20. The molecule has 0 radical (unpaired) electrons. The van der Waals surface area contributed by atoms with Crippen LogP contribution in [0.2, 0.25) is 5.15 Å². The minimum Gasteiger partial charge on any atom is -0.336 e. The lowest BCUT2D eigenvalue weighted by Crippen LogP contribution is -2.50. The van der Waals surface area contributed by atoms with Crippen LogP contribution in [0.15, 0.2) is 47.4 Å². The molecule has 1 amide bonds. The Kier molecular flexibility index (Phi) is 5.10. The summed E-state index contributed by atoms with van der Waals surface area (Å²) in [5.74, 6) is -0.219. The van der Waals surface area contributed by atoms with E-state index < -0.39 is 10.0 Å². The van der Waals surface area contributed by atoms with E-state index in [0.29, 0.717) is 29.5 Å². The highest BCUT2D eigenvalue weighted by Crippen LogP contribution is 2.25. The van der Waals surface area contributed by atoms with Gasteiger partial charge in [-0.1, -0.05) is 41.9 Å². The van der Waals surface area contributed by atoms with E-state index in [9.17, 15) is 13.2 Å². The van der Waals surface area contributed by atoms with Gasteiger partial charge in [0.15, 0.2) is 0 Å². The molecular weight excluding hydrogens is 412 g/mol. The number of nitrogens with zero attached hydrogens (tertiary/aromatic N) is 4. The minimum atomic E-state index is -3.63. The molecule has 0 unspecified atom stereocenters. The number of rotatable bonds is 3. The van der Waals surface area contributed by atoms with Crippen LogP contribution in [0.25, 0.3) is 10.8 Å². The van der Waals surface area contributed by atoms with Crippen LogP contribution in [0.4, 0.5) is 0 Å². The van der Waals surface area contributed by atoms with Gasteiger partial charge in [-0.25, -0.2) is 8.42 Å². The lowest BCUT2D eigenvalue weighted by Gasteiger charge is -2.34. The maximum atomic E-state index is 13.1. The van der Waals surface area contributed by atoms with Crippen LogP contribution in [0.3, 0.4) is 0 Å². The van der Waals surface area contributed by atoms with Gasteiger partial charge < -0.3 is 4.90 Å². The fourth-order valence-electron chi connectivity index (χ4n) is 3.64. The van der Waals surface area contributed by atoms with Gasteiger partial charge in [0.25, 0.3) is 5.91 Å². The molecule has 1 saturated heterocycles. The molecule has 2 aromatic carbocycles. The standard InChI is InChI=1S/C20H21ClN4O3S/c1-14-18(19(21)23(2)22-14)20(26)24-9-11-25(12-10-24)29(27,28)17-8-7-15-5-3-4-6-16(15)13-17/h3-8,13H,9-12H2,1-2H3. The zero-order valence-electron chi connectivity index (χ0n) is 16.2. The monoisotopic (exact) mass is 432 g/mol. The van der Waals surface area contributed by atoms with Gasteiger partial charge in [-0.3, -0.25) is 9.48 Å². The number of carbonyl (C=O) groups excluding carboxylic acids is 1. The number of carbonyl (C=O) groups is 1. The maximum Gasteiger partial charge on any atom is 0.258 e. The SMILES string of the molecule is Cc1nn(C)c(Cl)c1C(=O)N1CCN(S(=O)(=O)c2ccc3ccccc3c2)CC1. The summed E-state index contributed by atoms with van der Waals surface area (Å²) in [6.45, 7) is 2.81. The second-order valence-corrected chi connectivity index (χ2v) is 9.38. The van der Waals surface area contributed by atoms with Crippen LogP contribution in [-0.4, -0.2) is 59.5 Å². The first-order chi connectivity index (χ1) is 13.8. The number of hydrogen-bond donors (Lipinski definition) is 0. The molecule has 4 rings (SSSR count). The first-order valence-corrected chi connectivity index (χ1v) is 11.1. The van der Waals surface area contributed by atoms with Gasteiger partial charge in [0, 0.05) is 33.2 Å². The summed E-state index contributed by atoms with van der Waals surface area (Å²) in [4.78, 5) is 14.7. The number of piperazine rings is 1. The highest BCUT2D eigenvalue weighted by Gasteiger charge is 2.32. The summed E-state index contributed by atoms with van der Waals surface area (Å²) in [5, 5.41) is 6.34. The number of benzene rings is 2. The molecule has 0 aliphatic carbocycles. The van der Waals surface area contributed by atoms with Crippen molar-refractivity contribution in [1.29, 1.82) is 0 Å². The lowest BCUT2D eigenvalue weighted by atomic mass is 10.1. The lowest BCUT2D eigenvalue weighted by molar-refractivity contribution is 0.0697. The van der Waals surface area contributed by atoms with Gasteiger partial charge in [-0.05, 0) is 29.8 Å². The summed E-state index contributed by atoms with van der Waals surface area (Å²) in [6.07, 6.45) is 0. The van der Waals surface area contributed by atoms with Crippen LogP contribution >= 0.6 is 11.6 Å². The van der Waals surface area contributed by atoms with Crippen molar-refractivity contribution in [2.45, 2.75) is 11.8 Å². The van der Waals surface area contributed by atoms with Gasteiger partial charge >= 0.3 is 0 Å². The van der Waals surface area contributed by atoms with E-state index in [0.717, 1.165) is 10.8 Å². The van der Waals surface area contributed by atoms with E-state index in [1.807, 2.05) is 30.3 Å². The van der Waals surface area contributed by atoms with Gasteiger partial charge in [0.1, 0.15) is 5.15 Å². The Morgan fingerprint density at radius 1 is 1.03 bits per heavy atom. The van der Waals surface area contributed by atoms with E-state index in [2.05, 4.69) is 5.10 Å². The molecule has 29 heavy (non-hydrogen) atoms. The minimum absolute atomic E-state index is 0.219. The van der Waals surface area contributed by atoms with Crippen molar-refractivity contribution in [3.8, 4) is 0 Å². The molecule has 9 heteroatoms. The zero-order valence-corrected chi connectivity index (χ0v) is 17.7. The largest absolute Gasteiger partial charge is 0.336 e. The molecule has 0 N–H and O–H groups in total. The third-order valence-electron chi connectivity index (χ3n) is 5.25. The quantitative estimate of drug-likeness (QED) is 0.637. The van der Waals surface area contributed by atoms with Crippen molar-refractivity contribution in [3.63, 3.8) is 0 Å². The molecule has 0 saturated carbocycles. The van der Waals surface area contributed by atoms with Gasteiger partial charge in [0.05, 0.1) is 16.2 Å². The van der Waals surface area contributed by atoms with Crippen molar-refractivity contribution < 1.29 is 13.2 Å². The molecule has 0 spiro atoms. The molecule has 1 fully saturated rings. The molecule has 3 aromatic rings. The first-order valence-electron chi connectivity index (χ1n) is 9.26. The summed E-state index contributed by atoms with van der Waals surface area (Å²) in [7, 11) is -1.95. The molecule has 0 bridgehead atoms. The molecule has 2 heterocycles. The topological polar surface area (TPSA) is 75.5 Å². The number of aryl methyl sites for hydroxylation is 2. The zero-order chi connectivity index (χ0) is 20.8. The van der Waals surface area contributed by atoms with E-state index in [1.54, 1.807) is 31.0 Å². The van der Waals surface area contributed by atoms with Gasteiger partial charge in [-0.2, -0.15) is 9.40 Å². The highest BCUT2D eigenvalue weighted by atomic mass is 35.5. The van der Waals surface area contributed by atoms with E-state index >= 15 is 0 Å². The summed E-state index contributed by atoms with van der Waals surface area (Å²) in [5.41, 5.74) is 0.939. The first kappa shape index (κ1) is 19.9. The molecule has 1 aliphatic heterocycles. The number of halogens is 1. The second-order valence-electron chi connectivity index (χ2n) is 7.08. The number of hydrogen-bond acceptors (Lipinski definition) is 4. The van der Waals surface area contributed by atoms with Crippen LogP contribution in [0.1, 0.15) is 16.1 Å². The van der Waals surface area contributed by atoms with Crippen LogP contribution in [0.5, 0.6) is 0 Å². The fourth-order valence-corrected chi connectivity index (χ4v) is 5.35. The Morgan fingerprint density at radius 2 is 1.69 bits per heavy atom. The number of amides is 1. The maximum absolute atomic E-state index is 13.1. The van der Waals surface area contributed by atoms with Crippen LogP contribution in [-0.2, 0) is 17.1 Å². The number of aromatic nitrogens is 2. The number of fused-ring (bicyclic) bond motifs is 1. The third kappa shape index (κ3) is 3.52. The van der Waals surface area contributed by atoms with Crippen LogP contribution in [0, 0.1) is 6.92 Å². The Bertz CT molecular complexity index is 1200. The van der Waals surface area contributed by atoms with Crippen molar-refractivity contribution >= 4 is 38.3 Å². The molecule has 0 atom stereocenters. The van der Waals surface area contributed by atoms with E-state index in [1.165, 1.54) is 8.99 Å². The molecular formula is C20H21ClN4O3S. The average Bonchev–Trinajstić information content (AvgIpc) is 2.98. The third-order valence-corrected chi connectivity index (χ3v) is 7.58. The molecule has 1 aromatic heterocycles. The predicted octanol–water partition coefficient (Wildman–Crippen LogP) is 2.68. The summed E-state index contributed by atoms with van der Waals surface area (Å²) < 4.78 is 29.0. The van der Waals surface area contributed by atoms with E-state index in [4.69, 9.17) is 11.6 Å². The Hall–Kier alpha value is -2.42. The van der Waals surface area contributed by atoms with Crippen molar-refractivity contribution in [2.75, 3.05) is 26.2 Å². The fraction of sp³-hybridized carbons (Fsp3) is 0.300. The molecule has 1 aliphatic rings. The normalized spacial score (nSPS) is 15.8. The smallest absolute Gasteiger partial charge is 0.258 e. The van der Waals surface area contributed by atoms with Gasteiger partial charge in [0.2, 0.25) is 10.0 Å². The van der Waals surface area contributed by atoms with Crippen molar-refractivity contribution in [1.82, 2.24) is 19.0 Å². The second kappa shape index (κ2) is 7.44. The van der Waals surface area contributed by atoms with E-state index in [-0.39, 0.29) is 23.9 Å². The Balaban J connectivity index is 1.51. The summed E-state index contributed by atoms with van der Waals surface area (Å²) in [6, 6.07) is 12.8. The predicted molar refractivity (Wildman–Crippen MR) is 112 cm³/mol. The Morgan fingerprint density at radius 3 is 2.31 bits per heavy atom. The number of sulfonamides is 1. The van der Waals surface area contributed by atoms with Crippen LogP contribution < -0.4 is 0 Å².